The van der Waals surface area contributed by atoms with Gasteiger partial charge >= 0.3 is 0 Å². The van der Waals surface area contributed by atoms with Crippen LogP contribution in [-0.4, -0.2) is 23.4 Å². The maximum absolute atomic E-state index is 11.1. The van der Waals surface area contributed by atoms with E-state index in [0.29, 0.717) is 35.8 Å². The average Bonchev–Trinajstić information content (AvgIpc) is 2.63. The highest BCUT2D eigenvalue weighted by molar-refractivity contribution is 5.84. The summed E-state index contributed by atoms with van der Waals surface area (Å²) < 4.78 is 11.6. The molecule has 0 radical (unpaired) electrons. The third-order valence-electron chi connectivity index (χ3n) is 4.99. The summed E-state index contributed by atoms with van der Waals surface area (Å²) in [4.78, 5) is 0. The Morgan fingerprint density at radius 2 is 0.967 bits per heavy atom. The highest BCUT2D eigenvalue weighted by Crippen LogP contribution is 2.49. The van der Waals surface area contributed by atoms with Crippen LogP contribution in [0.5, 0.6) is 23.0 Å². The number of rotatable bonds is 7. The molecule has 0 fully saturated rings. The van der Waals surface area contributed by atoms with Crippen LogP contribution in [0.25, 0.3) is 11.1 Å². The highest BCUT2D eigenvalue weighted by Gasteiger charge is 2.30. The van der Waals surface area contributed by atoms with Gasteiger partial charge in [-0.2, -0.15) is 0 Å². The fraction of sp³-hybridized carbons (Fsp3) is 0.538. The lowest BCUT2D eigenvalue weighted by Gasteiger charge is -2.30. The zero-order valence-electron chi connectivity index (χ0n) is 19.8. The average molecular weight is 415 g/mol. The molecule has 0 saturated heterocycles. The van der Waals surface area contributed by atoms with Crippen LogP contribution in [0.1, 0.15) is 79.4 Å². The van der Waals surface area contributed by atoms with Crippen LogP contribution in [0, 0.1) is 0 Å². The first-order valence-electron chi connectivity index (χ1n) is 10.9. The molecule has 0 atom stereocenters. The van der Waals surface area contributed by atoms with Gasteiger partial charge in [0.25, 0.3) is 0 Å². The SMILES string of the molecule is CCCOc1cc(O)c(-c2c(O)cc(OCCC)cc2C(C)(C)C)c(C(C)(C)C)c1. The van der Waals surface area contributed by atoms with E-state index in [1.807, 2.05) is 12.1 Å². The fourth-order valence-electron chi connectivity index (χ4n) is 3.52. The molecule has 0 spiro atoms. The molecule has 0 aliphatic rings. The Labute approximate surface area is 181 Å². The molecule has 0 aliphatic heterocycles. The topological polar surface area (TPSA) is 58.9 Å². The van der Waals surface area contributed by atoms with Crippen molar-refractivity contribution in [1.82, 2.24) is 0 Å². The summed E-state index contributed by atoms with van der Waals surface area (Å²) in [6, 6.07) is 7.26. The predicted octanol–water partition coefficient (Wildman–Crippen LogP) is 6.94. The molecular weight excluding hydrogens is 376 g/mol. The normalized spacial score (nSPS) is 12.1. The van der Waals surface area contributed by atoms with Gasteiger partial charge in [0, 0.05) is 23.3 Å². The van der Waals surface area contributed by atoms with Crippen LogP contribution in [0.3, 0.4) is 0 Å². The predicted molar refractivity (Wildman–Crippen MR) is 124 cm³/mol. The number of benzene rings is 2. The molecule has 2 rings (SSSR count). The Hall–Kier alpha value is -2.36. The zero-order valence-corrected chi connectivity index (χ0v) is 19.8. The van der Waals surface area contributed by atoms with E-state index in [-0.39, 0.29) is 22.3 Å². The largest absolute Gasteiger partial charge is 0.507 e. The molecule has 30 heavy (non-hydrogen) atoms. The number of aromatic hydroxyl groups is 2. The van der Waals surface area contributed by atoms with E-state index in [9.17, 15) is 10.2 Å². The Bertz CT molecular complexity index is 797. The first-order chi connectivity index (χ1) is 13.9. The molecule has 0 heterocycles. The van der Waals surface area contributed by atoms with Gasteiger partial charge in [-0.15, -0.1) is 0 Å². The maximum atomic E-state index is 11.1. The lowest BCUT2D eigenvalue weighted by Crippen LogP contribution is -2.17. The standard InChI is InChI=1S/C26H38O4/c1-9-11-29-17-13-19(25(3,4)5)23(21(27)15-17)24-20(26(6,7)8)14-18(16-22(24)28)30-12-10-2/h13-16,27-28H,9-12H2,1-8H3. The Kier molecular flexibility index (Phi) is 7.33. The molecule has 4 heteroatoms. The van der Waals surface area contributed by atoms with Gasteiger partial charge in [0.2, 0.25) is 0 Å². The first kappa shape index (κ1) is 23.9. The van der Waals surface area contributed by atoms with Gasteiger partial charge in [-0.25, -0.2) is 0 Å². The smallest absolute Gasteiger partial charge is 0.127 e. The molecular formula is C26H38O4. The molecule has 2 aromatic carbocycles. The molecule has 0 amide bonds. The summed E-state index contributed by atoms with van der Waals surface area (Å²) in [6.07, 6.45) is 1.78. The third kappa shape index (κ3) is 5.41. The molecule has 0 aromatic heterocycles. The molecule has 0 bridgehead atoms. The fourth-order valence-corrected chi connectivity index (χ4v) is 3.52. The van der Waals surface area contributed by atoms with Crippen LogP contribution >= 0.6 is 0 Å². The summed E-state index contributed by atoms with van der Waals surface area (Å²) in [7, 11) is 0. The van der Waals surface area contributed by atoms with Crippen molar-refractivity contribution in [2.45, 2.75) is 79.1 Å². The summed E-state index contributed by atoms with van der Waals surface area (Å²) in [6.45, 7) is 17.9. The van der Waals surface area contributed by atoms with Gasteiger partial charge in [0.15, 0.2) is 0 Å². The number of hydrogen-bond acceptors (Lipinski definition) is 4. The number of hydrogen-bond donors (Lipinski definition) is 2. The van der Waals surface area contributed by atoms with Crippen LogP contribution < -0.4 is 9.47 Å². The van der Waals surface area contributed by atoms with Crippen molar-refractivity contribution in [2.24, 2.45) is 0 Å². The second-order valence-electron chi connectivity index (χ2n) is 9.93. The van der Waals surface area contributed by atoms with E-state index in [1.165, 1.54) is 0 Å². The Morgan fingerprint density at radius 1 is 0.633 bits per heavy atom. The minimum Gasteiger partial charge on any atom is -0.507 e. The van der Waals surface area contributed by atoms with Crippen molar-refractivity contribution >= 4 is 0 Å². The lowest BCUT2D eigenvalue weighted by atomic mass is 9.76. The van der Waals surface area contributed by atoms with E-state index in [4.69, 9.17) is 9.47 Å². The van der Waals surface area contributed by atoms with Crippen molar-refractivity contribution in [3.63, 3.8) is 0 Å². The van der Waals surface area contributed by atoms with E-state index >= 15 is 0 Å². The number of phenols is 2. The summed E-state index contributed by atoms with van der Waals surface area (Å²) in [5, 5.41) is 22.2. The van der Waals surface area contributed by atoms with Crippen LogP contribution in [0.2, 0.25) is 0 Å². The second-order valence-corrected chi connectivity index (χ2v) is 9.93. The Balaban J connectivity index is 2.82. The molecule has 0 saturated carbocycles. The monoisotopic (exact) mass is 414 g/mol. The van der Waals surface area contributed by atoms with E-state index in [1.54, 1.807) is 12.1 Å². The molecule has 166 valence electrons. The van der Waals surface area contributed by atoms with Gasteiger partial charge < -0.3 is 19.7 Å². The molecule has 4 nitrogen and oxygen atoms in total. The minimum atomic E-state index is -0.266. The lowest BCUT2D eigenvalue weighted by molar-refractivity contribution is 0.314. The zero-order chi connectivity index (χ0) is 22.7. The molecule has 0 unspecified atom stereocenters. The van der Waals surface area contributed by atoms with Crippen LogP contribution in [-0.2, 0) is 10.8 Å². The van der Waals surface area contributed by atoms with Crippen molar-refractivity contribution in [2.75, 3.05) is 13.2 Å². The van der Waals surface area contributed by atoms with Crippen molar-refractivity contribution in [1.29, 1.82) is 0 Å². The van der Waals surface area contributed by atoms with Gasteiger partial charge in [0.1, 0.15) is 23.0 Å². The van der Waals surface area contributed by atoms with E-state index in [2.05, 4.69) is 55.4 Å². The summed E-state index contributed by atoms with van der Waals surface area (Å²) in [5.74, 6) is 1.50. The maximum Gasteiger partial charge on any atom is 0.127 e. The summed E-state index contributed by atoms with van der Waals surface area (Å²) >= 11 is 0. The van der Waals surface area contributed by atoms with Crippen molar-refractivity contribution in [3.05, 3.63) is 35.4 Å². The van der Waals surface area contributed by atoms with Gasteiger partial charge in [-0.1, -0.05) is 55.4 Å². The molecule has 2 aromatic rings. The number of phenolic OH excluding ortho intramolecular Hbond substituents is 2. The quantitative estimate of drug-likeness (QED) is 0.515. The summed E-state index contributed by atoms with van der Waals surface area (Å²) in [5.41, 5.74) is 2.62. The van der Waals surface area contributed by atoms with Gasteiger partial charge in [0.05, 0.1) is 13.2 Å². The Morgan fingerprint density at radius 3 is 1.23 bits per heavy atom. The second kappa shape index (κ2) is 9.20. The minimum absolute atomic E-state index is 0.108. The first-order valence-corrected chi connectivity index (χ1v) is 10.9. The molecule has 0 aliphatic carbocycles. The highest BCUT2D eigenvalue weighted by atomic mass is 16.5. The third-order valence-corrected chi connectivity index (χ3v) is 4.99. The van der Waals surface area contributed by atoms with Gasteiger partial charge in [-0.05, 0) is 46.9 Å². The van der Waals surface area contributed by atoms with Crippen molar-refractivity contribution < 1.29 is 19.7 Å². The number of ether oxygens (including phenoxy) is 2. The van der Waals surface area contributed by atoms with Crippen molar-refractivity contribution in [3.8, 4) is 34.1 Å². The van der Waals surface area contributed by atoms with E-state index in [0.717, 1.165) is 24.0 Å². The van der Waals surface area contributed by atoms with E-state index < -0.39 is 0 Å². The van der Waals surface area contributed by atoms with Gasteiger partial charge in [-0.3, -0.25) is 0 Å². The van der Waals surface area contributed by atoms with Crippen LogP contribution in [0.4, 0.5) is 0 Å². The molecule has 2 N–H and O–H groups in total. The van der Waals surface area contributed by atoms with Crippen LogP contribution in [0.15, 0.2) is 24.3 Å².